The Bertz CT molecular complexity index is 222. The van der Waals surface area contributed by atoms with Gasteiger partial charge in [-0.15, -0.1) is 0 Å². The van der Waals surface area contributed by atoms with E-state index < -0.39 is 0 Å². The van der Waals surface area contributed by atoms with Gasteiger partial charge in [0.2, 0.25) is 0 Å². The van der Waals surface area contributed by atoms with Gasteiger partial charge >= 0.3 is 0 Å². The fourth-order valence-electron chi connectivity index (χ4n) is 0.892. The van der Waals surface area contributed by atoms with Gasteiger partial charge in [0, 0.05) is 6.54 Å². The van der Waals surface area contributed by atoms with Gasteiger partial charge < -0.3 is 0 Å². The highest BCUT2D eigenvalue weighted by atomic mass is 16.6. The lowest BCUT2D eigenvalue weighted by molar-refractivity contribution is 0.0570. The average Bonchev–Trinajstić information content (AvgIpc) is 2.50. The van der Waals surface area contributed by atoms with Crippen molar-refractivity contribution in [1.82, 2.24) is 14.8 Å². The molecule has 0 bridgehead atoms. The van der Waals surface area contributed by atoms with E-state index >= 15 is 0 Å². The van der Waals surface area contributed by atoms with Crippen LogP contribution >= 0.6 is 0 Å². The lowest BCUT2D eigenvalue weighted by Crippen LogP contribution is -2.12. The van der Waals surface area contributed by atoms with Crippen LogP contribution in [0, 0.1) is 0 Å². The smallest absolute Gasteiger partial charge is 0.157 e. The highest BCUT2D eigenvalue weighted by molar-refractivity contribution is 4.88. The number of aryl methyl sites for hydroxylation is 1. The van der Waals surface area contributed by atoms with Gasteiger partial charge in [0.1, 0.15) is 12.4 Å². The van der Waals surface area contributed by atoms with Crippen molar-refractivity contribution in [3.05, 3.63) is 12.2 Å². The first-order valence-corrected chi connectivity index (χ1v) is 3.52. The summed E-state index contributed by atoms with van der Waals surface area (Å²) in [6, 6.07) is 0. The average molecular weight is 156 g/mol. The van der Waals surface area contributed by atoms with Gasteiger partial charge in [0.15, 0.2) is 5.82 Å². The lowest BCUT2D eigenvalue weighted by atomic mass is 10.4. The fourth-order valence-corrected chi connectivity index (χ4v) is 0.892. The van der Waals surface area contributed by atoms with E-state index in [1.54, 1.807) is 4.68 Å². The molecule has 0 fully saturated rings. The summed E-state index contributed by atoms with van der Waals surface area (Å²) in [5.74, 6) is 5.76. The molecule has 0 spiro atoms. The summed E-state index contributed by atoms with van der Waals surface area (Å²) < 4.78 is 1.75. The second-order valence-electron chi connectivity index (χ2n) is 2.21. The Hall–Kier alpha value is -0.940. The maximum Gasteiger partial charge on any atom is 0.157 e. The van der Waals surface area contributed by atoms with E-state index in [1.165, 1.54) is 6.33 Å². The molecule has 1 aromatic heterocycles. The minimum Gasteiger partial charge on any atom is -0.293 e. The van der Waals surface area contributed by atoms with Crippen LogP contribution in [0.25, 0.3) is 0 Å². The Morgan fingerprint density at radius 1 is 1.82 bits per heavy atom. The molecular formula is C6H12N4O. The minimum absolute atomic E-state index is 0.197. The van der Waals surface area contributed by atoms with E-state index in [4.69, 9.17) is 5.90 Å². The van der Waals surface area contributed by atoms with Crippen LogP contribution in [0.5, 0.6) is 0 Å². The van der Waals surface area contributed by atoms with Crippen LogP contribution in [0.4, 0.5) is 0 Å². The monoisotopic (exact) mass is 156 g/mol. The van der Waals surface area contributed by atoms with Crippen LogP contribution < -0.4 is 5.90 Å². The van der Waals surface area contributed by atoms with E-state index in [-0.39, 0.29) is 6.10 Å². The second kappa shape index (κ2) is 3.45. The maximum absolute atomic E-state index is 5.01. The molecule has 1 unspecified atom stereocenters. The summed E-state index contributed by atoms with van der Waals surface area (Å²) in [6.07, 6.45) is 1.30. The SMILES string of the molecule is CCn1ncnc1C(C)ON. The molecule has 0 aliphatic heterocycles. The summed E-state index contributed by atoms with van der Waals surface area (Å²) >= 11 is 0. The van der Waals surface area contributed by atoms with Crippen molar-refractivity contribution in [3.63, 3.8) is 0 Å². The largest absolute Gasteiger partial charge is 0.293 e. The molecule has 5 heteroatoms. The van der Waals surface area contributed by atoms with Gasteiger partial charge in [0.05, 0.1) is 0 Å². The van der Waals surface area contributed by atoms with E-state index in [2.05, 4.69) is 14.9 Å². The summed E-state index contributed by atoms with van der Waals surface area (Å²) in [7, 11) is 0. The molecule has 0 amide bonds. The Balaban J connectivity index is 2.83. The third-order valence-corrected chi connectivity index (χ3v) is 1.51. The predicted octanol–water partition coefficient (Wildman–Crippen LogP) is 0.249. The quantitative estimate of drug-likeness (QED) is 0.637. The zero-order chi connectivity index (χ0) is 8.27. The van der Waals surface area contributed by atoms with Crippen molar-refractivity contribution in [2.45, 2.75) is 26.5 Å². The summed E-state index contributed by atoms with van der Waals surface area (Å²) in [6.45, 7) is 4.60. The molecule has 0 aliphatic carbocycles. The van der Waals surface area contributed by atoms with Crippen LogP contribution in [-0.2, 0) is 11.4 Å². The minimum atomic E-state index is -0.197. The normalized spacial score (nSPS) is 13.4. The van der Waals surface area contributed by atoms with Crippen molar-refractivity contribution < 1.29 is 4.84 Å². The van der Waals surface area contributed by atoms with Gasteiger partial charge in [-0.3, -0.25) is 4.84 Å². The Morgan fingerprint density at radius 2 is 2.55 bits per heavy atom. The third kappa shape index (κ3) is 1.55. The molecule has 0 saturated carbocycles. The molecule has 5 nitrogen and oxygen atoms in total. The highest BCUT2D eigenvalue weighted by Crippen LogP contribution is 2.09. The van der Waals surface area contributed by atoms with Gasteiger partial charge in [-0.2, -0.15) is 5.10 Å². The van der Waals surface area contributed by atoms with E-state index in [1.807, 2.05) is 13.8 Å². The van der Waals surface area contributed by atoms with Crippen LogP contribution in [-0.4, -0.2) is 14.8 Å². The molecule has 0 saturated heterocycles. The van der Waals surface area contributed by atoms with Crippen molar-refractivity contribution in [2.24, 2.45) is 5.90 Å². The topological polar surface area (TPSA) is 66.0 Å². The zero-order valence-corrected chi connectivity index (χ0v) is 6.69. The summed E-state index contributed by atoms with van der Waals surface area (Å²) in [4.78, 5) is 8.62. The fraction of sp³-hybridized carbons (Fsp3) is 0.667. The summed E-state index contributed by atoms with van der Waals surface area (Å²) in [5, 5.41) is 3.97. The van der Waals surface area contributed by atoms with Gasteiger partial charge in [-0.25, -0.2) is 15.6 Å². The standard InChI is InChI=1S/C6H12N4O/c1-3-10-6(5(2)11-7)8-4-9-10/h4-5H,3,7H2,1-2H3. The number of nitrogens with two attached hydrogens (primary N) is 1. The number of hydrogen-bond donors (Lipinski definition) is 1. The van der Waals surface area contributed by atoms with Crippen molar-refractivity contribution in [3.8, 4) is 0 Å². The van der Waals surface area contributed by atoms with Gasteiger partial charge in [0.25, 0.3) is 0 Å². The van der Waals surface area contributed by atoms with Gasteiger partial charge in [-0.05, 0) is 13.8 Å². The second-order valence-corrected chi connectivity index (χ2v) is 2.21. The van der Waals surface area contributed by atoms with Crippen molar-refractivity contribution in [1.29, 1.82) is 0 Å². The molecule has 2 N–H and O–H groups in total. The highest BCUT2D eigenvalue weighted by Gasteiger charge is 2.10. The van der Waals surface area contributed by atoms with Crippen molar-refractivity contribution >= 4 is 0 Å². The number of aromatic nitrogens is 3. The molecule has 62 valence electrons. The first kappa shape index (κ1) is 8.16. The zero-order valence-electron chi connectivity index (χ0n) is 6.69. The van der Waals surface area contributed by atoms with Gasteiger partial charge in [-0.1, -0.05) is 0 Å². The first-order chi connectivity index (χ1) is 5.29. The van der Waals surface area contributed by atoms with Crippen LogP contribution in [0.15, 0.2) is 6.33 Å². The van der Waals surface area contributed by atoms with E-state index in [0.29, 0.717) is 0 Å². The molecule has 1 atom stereocenters. The third-order valence-electron chi connectivity index (χ3n) is 1.51. The molecule has 0 aliphatic rings. The van der Waals surface area contributed by atoms with Crippen molar-refractivity contribution in [2.75, 3.05) is 0 Å². The van der Waals surface area contributed by atoms with Crippen LogP contribution in [0.2, 0.25) is 0 Å². The lowest BCUT2D eigenvalue weighted by Gasteiger charge is -2.07. The molecule has 0 radical (unpaired) electrons. The molecule has 0 aromatic carbocycles. The van der Waals surface area contributed by atoms with E-state index in [0.717, 1.165) is 12.4 Å². The van der Waals surface area contributed by atoms with Crippen LogP contribution in [0.1, 0.15) is 25.8 Å². The molecule has 1 aromatic rings. The Kier molecular flexibility index (Phi) is 2.56. The van der Waals surface area contributed by atoms with E-state index in [9.17, 15) is 0 Å². The number of nitrogens with zero attached hydrogens (tertiary/aromatic N) is 3. The van der Waals surface area contributed by atoms with Crippen LogP contribution in [0.3, 0.4) is 0 Å². The molecule has 1 heterocycles. The Labute approximate surface area is 65.1 Å². The Morgan fingerprint density at radius 3 is 3.09 bits per heavy atom. The first-order valence-electron chi connectivity index (χ1n) is 3.52. The number of hydrogen-bond acceptors (Lipinski definition) is 4. The number of rotatable bonds is 3. The predicted molar refractivity (Wildman–Crippen MR) is 39.4 cm³/mol. The molecule has 1 rings (SSSR count). The maximum atomic E-state index is 5.01. The molecule has 11 heavy (non-hydrogen) atoms. The molecular weight excluding hydrogens is 144 g/mol. The summed E-state index contributed by atoms with van der Waals surface area (Å²) in [5.41, 5.74) is 0.